The van der Waals surface area contributed by atoms with Gasteiger partial charge in [-0.15, -0.1) is 0 Å². The lowest BCUT2D eigenvalue weighted by molar-refractivity contribution is 0.0781. The van der Waals surface area contributed by atoms with Gasteiger partial charge in [-0.2, -0.15) is 0 Å². The van der Waals surface area contributed by atoms with E-state index in [1.807, 2.05) is 37.1 Å². The highest BCUT2D eigenvalue weighted by Gasteiger charge is 2.32. The molecule has 1 aromatic rings. The minimum absolute atomic E-state index is 0.171. The van der Waals surface area contributed by atoms with Gasteiger partial charge >= 0.3 is 0 Å². The minimum Gasteiger partial charge on any atom is -0.387 e. The molecule has 1 atom stereocenters. The largest absolute Gasteiger partial charge is 0.387 e. The minimum atomic E-state index is 0.171. The van der Waals surface area contributed by atoms with Crippen LogP contribution >= 0.6 is 0 Å². The predicted octanol–water partition coefficient (Wildman–Crippen LogP) is 2.35. The number of hydrogen-bond acceptors (Lipinski definition) is 3. The first-order valence-corrected chi connectivity index (χ1v) is 8.01. The van der Waals surface area contributed by atoms with Crippen LogP contribution < -0.4 is 5.32 Å². The molecule has 1 N–H and O–H groups in total. The fourth-order valence-electron chi connectivity index (χ4n) is 3.55. The van der Waals surface area contributed by atoms with E-state index in [2.05, 4.69) is 10.2 Å². The summed E-state index contributed by atoms with van der Waals surface area (Å²) in [5.41, 5.74) is 2.86. The van der Waals surface area contributed by atoms with Crippen molar-refractivity contribution in [2.45, 2.75) is 32.2 Å². The Labute approximate surface area is 127 Å². The molecule has 4 heteroatoms. The first-order valence-electron chi connectivity index (χ1n) is 8.01. The van der Waals surface area contributed by atoms with Crippen molar-refractivity contribution in [3.63, 3.8) is 0 Å². The summed E-state index contributed by atoms with van der Waals surface area (Å²) in [6, 6.07) is 6.60. The fourth-order valence-corrected chi connectivity index (χ4v) is 3.55. The van der Waals surface area contributed by atoms with Gasteiger partial charge in [0.05, 0.1) is 5.56 Å². The molecule has 0 saturated carbocycles. The van der Waals surface area contributed by atoms with Gasteiger partial charge in [0.25, 0.3) is 5.91 Å². The van der Waals surface area contributed by atoms with Crippen molar-refractivity contribution in [2.24, 2.45) is 0 Å². The first kappa shape index (κ1) is 14.4. The zero-order valence-corrected chi connectivity index (χ0v) is 13.1. The summed E-state index contributed by atoms with van der Waals surface area (Å²) in [5.74, 6) is 0.171. The molecule has 1 aromatic carbocycles. The van der Waals surface area contributed by atoms with Crippen molar-refractivity contribution >= 4 is 11.6 Å². The maximum absolute atomic E-state index is 12.8. The number of hydrogen-bond donors (Lipinski definition) is 1. The summed E-state index contributed by atoms with van der Waals surface area (Å²) < 4.78 is 0. The zero-order chi connectivity index (χ0) is 14.8. The number of benzene rings is 1. The molecule has 0 spiro atoms. The number of carbonyl (C=O) groups is 1. The number of anilines is 1. The van der Waals surface area contributed by atoms with E-state index in [1.165, 1.54) is 25.9 Å². The third-order valence-corrected chi connectivity index (χ3v) is 4.78. The Morgan fingerprint density at radius 1 is 1.24 bits per heavy atom. The van der Waals surface area contributed by atoms with Gasteiger partial charge in [0, 0.05) is 31.9 Å². The van der Waals surface area contributed by atoms with Gasteiger partial charge in [-0.25, -0.2) is 0 Å². The average Bonchev–Trinajstić information content (AvgIpc) is 3.17. The molecule has 1 amide bonds. The van der Waals surface area contributed by atoms with Gasteiger partial charge in [0.2, 0.25) is 0 Å². The number of likely N-dealkylation sites (tertiary alicyclic amines) is 2. The second-order valence-corrected chi connectivity index (χ2v) is 6.24. The number of aryl methyl sites for hydroxylation is 1. The van der Waals surface area contributed by atoms with Crippen molar-refractivity contribution < 1.29 is 4.79 Å². The Bertz CT molecular complexity index is 523. The van der Waals surface area contributed by atoms with Crippen LogP contribution in [0.25, 0.3) is 0 Å². The van der Waals surface area contributed by atoms with Crippen LogP contribution in [0, 0.1) is 6.92 Å². The van der Waals surface area contributed by atoms with E-state index < -0.39 is 0 Å². The molecule has 2 fully saturated rings. The summed E-state index contributed by atoms with van der Waals surface area (Å²) in [5, 5.41) is 3.14. The SMILES string of the molecule is CNc1ccc(C)cc1C(=O)N1CCC(N2CCCC2)C1. The summed E-state index contributed by atoms with van der Waals surface area (Å²) in [4.78, 5) is 17.4. The van der Waals surface area contributed by atoms with Crippen LogP contribution in [0.3, 0.4) is 0 Å². The van der Waals surface area contributed by atoms with Gasteiger partial charge < -0.3 is 10.2 Å². The molecule has 0 bridgehead atoms. The summed E-state index contributed by atoms with van der Waals surface area (Å²) in [6.45, 7) is 6.22. The molecule has 114 valence electrons. The van der Waals surface area contributed by atoms with Crippen LogP contribution in [0.4, 0.5) is 5.69 Å². The van der Waals surface area contributed by atoms with Crippen LogP contribution in [0.2, 0.25) is 0 Å². The molecule has 1 unspecified atom stereocenters. The number of nitrogens with zero attached hydrogens (tertiary/aromatic N) is 2. The zero-order valence-electron chi connectivity index (χ0n) is 13.1. The van der Waals surface area contributed by atoms with E-state index in [1.54, 1.807) is 0 Å². The van der Waals surface area contributed by atoms with E-state index in [-0.39, 0.29) is 5.91 Å². The van der Waals surface area contributed by atoms with Gasteiger partial charge in [-0.3, -0.25) is 9.69 Å². The molecule has 0 radical (unpaired) electrons. The Balaban J connectivity index is 1.72. The molecule has 2 aliphatic heterocycles. The molecule has 2 aliphatic rings. The smallest absolute Gasteiger partial charge is 0.256 e. The van der Waals surface area contributed by atoms with Crippen LogP contribution in [0.15, 0.2) is 18.2 Å². The highest BCUT2D eigenvalue weighted by Crippen LogP contribution is 2.24. The molecular weight excluding hydrogens is 262 g/mol. The number of amides is 1. The molecule has 3 rings (SSSR count). The normalized spacial score (nSPS) is 22.8. The second-order valence-electron chi connectivity index (χ2n) is 6.24. The van der Waals surface area contributed by atoms with E-state index in [4.69, 9.17) is 0 Å². The maximum atomic E-state index is 12.8. The lowest BCUT2D eigenvalue weighted by atomic mass is 10.1. The monoisotopic (exact) mass is 287 g/mol. The third kappa shape index (κ3) is 2.91. The second kappa shape index (κ2) is 6.06. The summed E-state index contributed by atoms with van der Waals surface area (Å²) >= 11 is 0. The highest BCUT2D eigenvalue weighted by molar-refractivity contribution is 6.00. The predicted molar refractivity (Wildman–Crippen MR) is 85.8 cm³/mol. The van der Waals surface area contributed by atoms with Crippen LogP contribution in [0.5, 0.6) is 0 Å². The van der Waals surface area contributed by atoms with Gasteiger partial charge in [-0.1, -0.05) is 11.6 Å². The highest BCUT2D eigenvalue weighted by atomic mass is 16.2. The van der Waals surface area contributed by atoms with Gasteiger partial charge in [0.15, 0.2) is 0 Å². The number of nitrogens with one attached hydrogen (secondary N) is 1. The molecule has 0 aliphatic carbocycles. The Morgan fingerprint density at radius 3 is 2.71 bits per heavy atom. The molecule has 2 heterocycles. The lowest BCUT2D eigenvalue weighted by Crippen LogP contribution is -2.37. The fraction of sp³-hybridized carbons (Fsp3) is 0.588. The topological polar surface area (TPSA) is 35.6 Å². The maximum Gasteiger partial charge on any atom is 0.256 e. The van der Waals surface area contributed by atoms with Crippen LogP contribution in [0.1, 0.15) is 35.2 Å². The van der Waals surface area contributed by atoms with E-state index in [0.717, 1.165) is 36.3 Å². The molecular formula is C17H25N3O. The lowest BCUT2D eigenvalue weighted by Gasteiger charge is -2.24. The van der Waals surface area contributed by atoms with Crippen LogP contribution in [-0.2, 0) is 0 Å². The van der Waals surface area contributed by atoms with Crippen molar-refractivity contribution in [1.82, 2.24) is 9.80 Å². The van der Waals surface area contributed by atoms with Crippen molar-refractivity contribution in [2.75, 3.05) is 38.5 Å². The summed E-state index contributed by atoms with van der Waals surface area (Å²) in [6.07, 6.45) is 3.74. The standard InChI is InChI=1S/C17H25N3O/c1-13-5-6-16(18-2)15(11-13)17(21)20-10-7-14(12-20)19-8-3-4-9-19/h5-6,11,14,18H,3-4,7-10,12H2,1-2H3. The van der Waals surface area contributed by atoms with Crippen molar-refractivity contribution in [3.8, 4) is 0 Å². The molecule has 0 aromatic heterocycles. The van der Waals surface area contributed by atoms with Gasteiger partial charge in [0.1, 0.15) is 0 Å². The molecule has 4 nitrogen and oxygen atoms in total. The number of carbonyl (C=O) groups excluding carboxylic acids is 1. The number of rotatable bonds is 3. The van der Waals surface area contributed by atoms with E-state index in [9.17, 15) is 4.79 Å². The van der Waals surface area contributed by atoms with Crippen molar-refractivity contribution in [3.05, 3.63) is 29.3 Å². The third-order valence-electron chi connectivity index (χ3n) is 4.78. The Morgan fingerprint density at radius 2 is 2.00 bits per heavy atom. The Hall–Kier alpha value is -1.55. The summed E-state index contributed by atoms with van der Waals surface area (Å²) in [7, 11) is 1.87. The van der Waals surface area contributed by atoms with E-state index in [0.29, 0.717) is 6.04 Å². The molecule has 2 saturated heterocycles. The van der Waals surface area contributed by atoms with E-state index >= 15 is 0 Å². The Kier molecular flexibility index (Phi) is 4.15. The van der Waals surface area contributed by atoms with Crippen LogP contribution in [-0.4, -0.2) is 55.0 Å². The molecule has 21 heavy (non-hydrogen) atoms. The quantitative estimate of drug-likeness (QED) is 0.927. The van der Waals surface area contributed by atoms with Crippen molar-refractivity contribution in [1.29, 1.82) is 0 Å². The average molecular weight is 287 g/mol. The first-order chi connectivity index (χ1) is 10.2. The van der Waals surface area contributed by atoms with Gasteiger partial charge in [-0.05, 0) is 51.4 Å².